The molecular weight excluding hydrogens is 396 g/mol. The van der Waals surface area contributed by atoms with Gasteiger partial charge in [-0.3, -0.25) is 9.59 Å². The van der Waals surface area contributed by atoms with E-state index in [0.717, 1.165) is 0 Å². The summed E-state index contributed by atoms with van der Waals surface area (Å²) in [5, 5.41) is 14.3. The minimum Gasteiger partial charge on any atom is -0.452 e. The molecule has 0 aliphatic carbocycles. The average Bonchev–Trinajstić information content (AvgIpc) is 2.68. The molecule has 0 aliphatic heterocycles. The van der Waals surface area contributed by atoms with Gasteiger partial charge < -0.3 is 21.1 Å². The molecule has 0 saturated heterocycles. The Morgan fingerprint density at radius 1 is 1.14 bits per heavy atom. The topological polar surface area (TPSA) is 134 Å². The Kier molecular flexibility index (Phi) is 7.57. The predicted molar refractivity (Wildman–Crippen MR) is 107 cm³/mol. The Bertz CT molecular complexity index is 923. The Balaban J connectivity index is 1.96. The minimum atomic E-state index is -1.07. The van der Waals surface area contributed by atoms with Gasteiger partial charge in [0.1, 0.15) is 0 Å². The zero-order valence-electron chi connectivity index (χ0n) is 15.5. The number of esters is 1. The second-order valence-corrected chi connectivity index (χ2v) is 6.56. The van der Waals surface area contributed by atoms with Crippen molar-refractivity contribution in [3.8, 4) is 6.07 Å². The molecule has 0 radical (unpaired) electrons. The molecule has 150 valence electrons. The van der Waals surface area contributed by atoms with Gasteiger partial charge in [0.05, 0.1) is 24.1 Å². The summed E-state index contributed by atoms with van der Waals surface area (Å²) >= 11 is 5.85. The number of primary amides is 1. The van der Waals surface area contributed by atoms with Gasteiger partial charge >= 0.3 is 12.0 Å². The molecule has 3 amide bonds. The van der Waals surface area contributed by atoms with Gasteiger partial charge in [-0.1, -0.05) is 23.7 Å². The number of nitrogens with one attached hydrogen (secondary N) is 2. The van der Waals surface area contributed by atoms with E-state index < -0.39 is 30.1 Å². The van der Waals surface area contributed by atoms with E-state index in [1.54, 1.807) is 48.5 Å². The van der Waals surface area contributed by atoms with E-state index in [4.69, 9.17) is 27.3 Å². The van der Waals surface area contributed by atoms with Crippen LogP contribution < -0.4 is 16.4 Å². The standard InChI is InChI=1S/C20H19ClN4O4/c1-12(19(27)24-16-8-2-13(11-22)3-9-16)29-18(26)10-17(25-20(23)28)14-4-6-15(21)7-5-14/h2-9,12,17H,10H2,1H3,(H,24,27)(H3,23,25,28)/t12-,17+/m1/s1. The fourth-order valence-electron chi connectivity index (χ4n) is 2.46. The fourth-order valence-corrected chi connectivity index (χ4v) is 2.58. The van der Waals surface area contributed by atoms with E-state index in [1.807, 2.05) is 6.07 Å². The molecule has 0 aliphatic rings. The largest absolute Gasteiger partial charge is 0.452 e. The van der Waals surface area contributed by atoms with Crippen LogP contribution in [0.15, 0.2) is 48.5 Å². The third-order valence-electron chi connectivity index (χ3n) is 3.92. The highest BCUT2D eigenvalue weighted by molar-refractivity contribution is 6.30. The van der Waals surface area contributed by atoms with Crippen molar-refractivity contribution in [2.24, 2.45) is 5.73 Å². The third-order valence-corrected chi connectivity index (χ3v) is 4.17. The van der Waals surface area contributed by atoms with Gasteiger partial charge in [-0.15, -0.1) is 0 Å². The van der Waals surface area contributed by atoms with E-state index >= 15 is 0 Å². The zero-order chi connectivity index (χ0) is 21.4. The molecule has 2 aromatic rings. The summed E-state index contributed by atoms with van der Waals surface area (Å²) in [5.74, 6) is -1.23. The fraction of sp³-hybridized carbons (Fsp3) is 0.200. The highest BCUT2D eigenvalue weighted by Gasteiger charge is 2.23. The van der Waals surface area contributed by atoms with Crippen molar-refractivity contribution < 1.29 is 19.1 Å². The number of nitrogens with zero attached hydrogens (tertiary/aromatic N) is 1. The third kappa shape index (κ3) is 6.83. The van der Waals surface area contributed by atoms with Crippen LogP contribution >= 0.6 is 11.6 Å². The summed E-state index contributed by atoms with van der Waals surface area (Å²) in [7, 11) is 0. The van der Waals surface area contributed by atoms with E-state index in [1.165, 1.54) is 6.92 Å². The molecule has 8 nitrogen and oxygen atoms in total. The summed E-state index contributed by atoms with van der Waals surface area (Å²) in [4.78, 5) is 35.7. The number of benzene rings is 2. The maximum atomic E-state index is 12.3. The van der Waals surface area contributed by atoms with E-state index in [2.05, 4.69) is 10.6 Å². The predicted octanol–water partition coefficient (Wildman–Crippen LogP) is 2.88. The van der Waals surface area contributed by atoms with Gasteiger partial charge in [-0.05, 0) is 48.9 Å². The van der Waals surface area contributed by atoms with Crippen LogP contribution in [-0.4, -0.2) is 24.0 Å². The lowest BCUT2D eigenvalue weighted by Gasteiger charge is -2.19. The normalized spacial score (nSPS) is 12.2. The van der Waals surface area contributed by atoms with Crippen molar-refractivity contribution in [2.45, 2.75) is 25.5 Å². The monoisotopic (exact) mass is 414 g/mol. The molecule has 0 fully saturated rings. The van der Waals surface area contributed by atoms with Crippen LogP contribution in [0.2, 0.25) is 5.02 Å². The molecule has 0 spiro atoms. The van der Waals surface area contributed by atoms with Crippen molar-refractivity contribution in [1.29, 1.82) is 5.26 Å². The Morgan fingerprint density at radius 3 is 2.31 bits per heavy atom. The first-order chi connectivity index (χ1) is 13.8. The van der Waals surface area contributed by atoms with Crippen LogP contribution in [0, 0.1) is 11.3 Å². The molecule has 0 bridgehead atoms. The Hall–Kier alpha value is -3.57. The summed E-state index contributed by atoms with van der Waals surface area (Å²) in [6.45, 7) is 1.43. The van der Waals surface area contributed by atoms with Gasteiger partial charge in [0, 0.05) is 10.7 Å². The maximum absolute atomic E-state index is 12.3. The van der Waals surface area contributed by atoms with Gasteiger partial charge in [0.25, 0.3) is 5.91 Å². The second kappa shape index (κ2) is 10.1. The number of ether oxygens (including phenoxy) is 1. The number of carbonyl (C=O) groups excluding carboxylic acids is 3. The molecule has 0 saturated carbocycles. The molecular formula is C20H19ClN4O4. The Morgan fingerprint density at radius 2 is 1.76 bits per heavy atom. The molecule has 4 N–H and O–H groups in total. The van der Waals surface area contributed by atoms with Crippen molar-refractivity contribution in [3.63, 3.8) is 0 Å². The van der Waals surface area contributed by atoms with Crippen LogP contribution in [0.3, 0.4) is 0 Å². The lowest BCUT2D eigenvalue weighted by Crippen LogP contribution is -2.36. The number of urea groups is 1. The first-order valence-electron chi connectivity index (χ1n) is 8.60. The smallest absolute Gasteiger partial charge is 0.312 e. The van der Waals surface area contributed by atoms with Gasteiger partial charge in [0.2, 0.25) is 0 Å². The van der Waals surface area contributed by atoms with Gasteiger partial charge in [-0.2, -0.15) is 5.26 Å². The molecule has 2 rings (SSSR count). The molecule has 9 heteroatoms. The number of carbonyl (C=O) groups is 3. The molecule has 0 aromatic heterocycles. The van der Waals surface area contributed by atoms with E-state index in [-0.39, 0.29) is 6.42 Å². The van der Waals surface area contributed by atoms with Crippen molar-refractivity contribution in [3.05, 3.63) is 64.7 Å². The molecule has 2 atom stereocenters. The maximum Gasteiger partial charge on any atom is 0.312 e. The SMILES string of the molecule is C[C@@H](OC(=O)C[C@H](NC(N)=O)c1ccc(Cl)cc1)C(=O)Nc1ccc(C#N)cc1. The Labute approximate surface area is 172 Å². The van der Waals surface area contributed by atoms with Crippen LogP contribution in [0.1, 0.15) is 30.5 Å². The molecule has 0 unspecified atom stereocenters. The van der Waals surface area contributed by atoms with E-state index in [0.29, 0.717) is 21.8 Å². The number of hydrogen-bond donors (Lipinski definition) is 3. The van der Waals surface area contributed by atoms with Crippen molar-refractivity contribution in [1.82, 2.24) is 5.32 Å². The summed E-state index contributed by atoms with van der Waals surface area (Å²) in [6, 6.07) is 13.2. The molecule has 0 heterocycles. The second-order valence-electron chi connectivity index (χ2n) is 6.13. The van der Waals surface area contributed by atoms with Crippen molar-refractivity contribution in [2.75, 3.05) is 5.32 Å². The molecule has 2 aromatic carbocycles. The molecule has 29 heavy (non-hydrogen) atoms. The average molecular weight is 415 g/mol. The van der Waals surface area contributed by atoms with Crippen LogP contribution in [0.4, 0.5) is 10.5 Å². The number of nitriles is 1. The number of anilines is 1. The number of amides is 3. The van der Waals surface area contributed by atoms with Crippen LogP contribution in [-0.2, 0) is 14.3 Å². The highest BCUT2D eigenvalue weighted by Crippen LogP contribution is 2.20. The van der Waals surface area contributed by atoms with Crippen LogP contribution in [0.25, 0.3) is 0 Å². The van der Waals surface area contributed by atoms with E-state index in [9.17, 15) is 14.4 Å². The summed E-state index contributed by atoms with van der Waals surface area (Å²) in [5.41, 5.74) is 6.71. The summed E-state index contributed by atoms with van der Waals surface area (Å²) < 4.78 is 5.17. The summed E-state index contributed by atoms with van der Waals surface area (Å²) in [6.07, 6.45) is -1.29. The lowest BCUT2D eigenvalue weighted by atomic mass is 10.0. The zero-order valence-corrected chi connectivity index (χ0v) is 16.3. The van der Waals surface area contributed by atoms with Gasteiger partial charge in [-0.25, -0.2) is 4.79 Å². The van der Waals surface area contributed by atoms with Crippen LogP contribution in [0.5, 0.6) is 0 Å². The number of rotatable bonds is 7. The van der Waals surface area contributed by atoms with Gasteiger partial charge in [0.15, 0.2) is 6.10 Å². The first-order valence-corrected chi connectivity index (χ1v) is 8.98. The quantitative estimate of drug-likeness (QED) is 0.599. The number of nitrogens with two attached hydrogens (primary N) is 1. The number of halogens is 1. The lowest BCUT2D eigenvalue weighted by molar-refractivity contribution is -0.153. The highest BCUT2D eigenvalue weighted by atomic mass is 35.5. The minimum absolute atomic E-state index is 0.223. The first kappa shape index (κ1) is 21.7. The van der Waals surface area contributed by atoms with Crippen molar-refractivity contribution >= 4 is 35.2 Å². The number of hydrogen-bond acceptors (Lipinski definition) is 5.